The van der Waals surface area contributed by atoms with E-state index in [1.807, 2.05) is 24.3 Å². The fraction of sp³-hybridized carbons (Fsp3) is 0.348. The Kier molecular flexibility index (Phi) is 6.86. The number of halogens is 3. The number of hydrogen-bond donors (Lipinski definition) is 2. The number of amides is 3. The van der Waals surface area contributed by atoms with Crippen LogP contribution in [0.5, 0.6) is 0 Å². The lowest BCUT2D eigenvalue weighted by atomic mass is 10.1. The third kappa shape index (κ3) is 5.46. The van der Waals surface area contributed by atoms with E-state index in [0.717, 1.165) is 30.5 Å². The zero-order valence-corrected chi connectivity index (χ0v) is 17.8. The number of aryl methyl sites for hydroxylation is 1. The maximum Gasteiger partial charge on any atom is 0.418 e. The Balaban J connectivity index is 1.74. The molecule has 3 amide bonds. The minimum Gasteiger partial charge on any atom is -0.326 e. The molecule has 0 spiro atoms. The highest BCUT2D eigenvalue weighted by atomic mass is 19.4. The third-order valence-corrected chi connectivity index (χ3v) is 5.19. The van der Waals surface area contributed by atoms with Gasteiger partial charge in [-0.1, -0.05) is 25.5 Å². The largest absolute Gasteiger partial charge is 0.418 e. The van der Waals surface area contributed by atoms with Crippen LogP contribution in [0.1, 0.15) is 37.8 Å². The Labute approximate surface area is 183 Å². The molecule has 0 aliphatic carbocycles. The summed E-state index contributed by atoms with van der Waals surface area (Å²) < 4.78 is 40.5. The van der Waals surface area contributed by atoms with Crippen LogP contribution in [-0.4, -0.2) is 24.3 Å². The molecule has 3 rings (SSSR count). The lowest BCUT2D eigenvalue weighted by molar-refractivity contribution is -0.137. The van der Waals surface area contributed by atoms with Crippen molar-refractivity contribution in [1.29, 1.82) is 0 Å². The van der Waals surface area contributed by atoms with Gasteiger partial charge in [-0.3, -0.25) is 14.4 Å². The summed E-state index contributed by atoms with van der Waals surface area (Å²) in [6.45, 7) is 3.34. The van der Waals surface area contributed by atoms with Gasteiger partial charge in [0.25, 0.3) is 0 Å². The normalized spacial score (nSPS) is 16.2. The summed E-state index contributed by atoms with van der Waals surface area (Å²) >= 11 is 0. The molecule has 1 aliphatic rings. The van der Waals surface area contributed by atoms with E-state index >= 15 is 0 Å². The molecule has 1 aliphatic heterocycles. The summed E-state index contributed by atoms with van der Waals surface area (Å²) in [4.78, 5) is 37.8. The van der Waals surface area contributed by atoms with Crippen molar-refractivity contribution in [2.24, 2.45) is 5.92 Å². The number of carbonyl (C=O) groups excluding carboxylic acids is 3. The van der Waals surface area contributed by atoms with Gasteiger partial charge in [0.1, 0.15) is 0 Å². The maximum absolute atomic E-state index is 13.5. The van der Waals surface area contributed by atoms with Gasteiger partial charge in [-0.25, -0.2) is 0 Å². The van der Waals surface area contributed by atoms with Gasteiger partial charge < -0.3 is 15.5 Å². The van der Waals surface area contributed by atoms with E-state index in [4.69, 9.17) is 0 Å². The van der Waals surface area contributed by atoms with Crippen LogP contribution in [0.4, 0.5) is 30.2 Å². The van der Waals surface area contributed by atoms with E-state index < -0.39 is 35.2 Å². The number of carbonyl (C=O) groups is 3. The molecule has 2 aromatic rings. The van der Waals surface area contributed by atoms with E-state index in [0.29, 0.717) is 5.69 Å². The Bertz CT molecular complexity index is 1020. The molecule has 1 atom stereocenters. The molecule has 1 heterocycles. The van der Waals surface area contributed by atoms with Crippen LogP contribution in [0.15, 0.2) is 42.5 Å². The number of benzene rings is 2. The zero-order valence-electron chi connectivity index (χ0n) is 17.8. The van der Waals surface area contributed by atoms with Crippen molar-refractivity contribution >= 4 is 34.8 Å². The van der Waals surface area contributed by atoms with E-state index in [1.165, 1.54) is 17.9 Å². The quantitative estimate of drug-likeness (QED) is 0.679. The molecule has 0 radical (unpaired) electrons. The number of rotatable bonds is 6. The summed E-state index contributed by atoms with van der Waals surface area (Å²) in [6.07, 6.45) is -2.92. The predicted molar refractivity (Wildman–Crippen MR) is 115 cm³/mol. The van der Waals surface area contributed by atoms with Crippen LogP contribution in [0, 0.1) is 5.92 Å². The van der Waals surface area contributed by atoms with Crippen molar-refractivity contribution in [2.45, 2.75) is 39.3 Å². The highest BCUT2D eigenvalue weighted by Crippen LogP contribution is 2.37. The fourth-order valence-electron chi connectivity index (χ4n) is 3.67. The predicted octanol–water partition coefficient (Wildman–Crippen LogP) is 4.61. The lowest BCUT2D eigenvalue weighted by Crippen LogP contribution is -2.28. The molecule has 1 unspecified atom stereocenters. The lowest BCUT2D eigenvalue weighted by Gasteiger charge is -2.18. The van der Waals surface area contributed by atoms with Gasteiger partial charge in [0, 0.05) is 31.3 Å². The van der Waals surface area contributed by atoms with Crippen molar-refractivity contribution < 1.29 is 27.6 Å². The average Bonchev–Trinajstić information content (AvgIpc) is 3.10. The van der Waals surface area contributed by atoms with E-state index in [2.05, 4.69) is 17.6 Å². The first-order chi connectivity index (χ1) is 15.1. The van der Waals surface area contributed by atoms with Crippen LogP contribution >= 0.6 is 0 Å². The molecule has 0 aromatic heterocycles. The van der Waals surface area contributed by atoms with Gasteiger partial charge in [0.2, 0.25) is 17.7 Å². The van der Waals surface area contributed by atoms with Gasteiger partial charge in [0.15, 0.2) is 0 Å². The van der Waals surface area contributed by atoms with Crippen LogP contribution < -0.4 is 15.5 Å². The molecular weight excluding hydrogens is 423 g/mol. The molecule has 2 aromatic carbocycles. The third-order valence-electron chi connectivity index (χ3n) is 5.19. The van der Waals surface area contributed by atoms with Gasteiger partial charge >= 0.3 is 6.18 Å². The molecule has 170 valence electrons. The Morgan fingerprint density at radius 2 is 1.78 bits per heavy atom. The van der Waals surface area contributed by atoms with Crippen LogP contribution in [-0.2, 0) is 27.0 Å². The molecular formula is C23H24F3N3O3. The number of anilines is 3. The van der Waals surface area contributed by atoms with E-state index in [1.54, 1.807) is 0 Å². The first-order valence-electron chi connectivity index (χ1n) is 10.3. The highest BCUT2D eigenvalue weighted by Gasteiger charge is 2.38. The number of alkyl halides is 3. The summed E-state index contributed by atoms with van der Waals surface area (Å²) in [6, 6.07) is 10.6. The topological polar surface area (TPSA) is 78.5 Å². The second-order valence-corrected chi connectivity index (χ2v) is 7.75. The van der Waals surface area contributed by atoms with Crippen molar-refractivity contribution in [3.63, 3.8) is 0 Å². The molecule has 9 heteroatoms. The Morgan fingerprint density at radius 1 is 1.09 bits per heavy atom. The Hall–Kier alpha value is -3.36. The maximum atomic E-state index is 13.5. The second kappa shape index (κ2) is 9.42. The highest BCUT2D eigenvalue weighted by molar-refractivity contribution is 6.04. The fourth-order valence-corrected chi connectivity index (χ4v) is 3.67. The monoisotopic (exact) mass is 447 g/mol. The minimum atomic E-state index is -4.74. The molecule has 1 fully saturated rings. The first-order valence-corrected chi connectivity index (χ1v) is 10.3. The van der Waals surface area contributed by atoms with Crippen molar-refractivity contribution in [3.8, 4) is 0 Å². The summed E-state index contributed by atoms with van der Waals surface area (Å²) in [5.74, 6) is -2.22. The molecule has 6 nitrogen and oxygen atoms in total. The van der Waals surface area contributed by atoms with Gasteiger partial charge in [0.05, 0.1) is 17.2 Å². The van der Waals surface area contributed by atoms with Crippen LogP contribution in [0.2, 0.25) is 0 Å². The average molecular weight is 447 g/mol. The van der Waals surface area contributed by atoms with Crippen LogP contribution in [0.25, 0.3) is 0 Å². The summed E-state index contributed by atoms with van der Waals surface area (Å²) in [5, 5.41) is 4.60. The number of nitrogens with one attached hydrogen (secondary N) is 2. The molecule has 1 saturated heterocycles. The SMILES string of the molecule is CCCc1ccc(N2CC(C(=O)Nc3ccc(NC(C)=O)cc3C(F)(F)F)CC2=O)cc1. The standard InChI is InChI=1S/C23H24F3N3O3/c1-3-4-15-5-8-18(9-6-15)29-13-16(11-21(29)31)22(32)28-20-10-7-17(27-14(2)30)12-19(20)23(24,25)26/h5-10,12,16H,3-4,11,13H2,1-2H3,(H,27,30)(H,28,32). The molecule has 0 bridgehead atoms. The number of hydrogen-bond acceptors (Lipinski definition) is 3. The smallest absolute Gasteiger partial charge is 0.326 e. The summed E-state index contributed by atoms with van der Waals surface area (Å²) in [7, 11) is 0. The first kappa shape index (κ1) is 23.3. The van der Waals surface area contributed by atoms with Gasteiger partial charge in [-0.2, -0.15) is 13.2 Å². The second-order valence-electron chi connectivity index (χ2n) is 7.75. The van der Waals surface area contributed by atoms with E-state index in [9.17, 15) is 27.6 Å². The van der Waals surface area contributed by atoms with Crippen molar-refractivity contribution in [2.75, 3.05) is 22.1 Å². The summed E-state index contributed by atoms with van der Waals surface area (Å²) in [5.41, 5.74) is 0.258. The minimum absolute atomic E-state index is 0.0310. The molecule has 32 heavy (non-hydrogen) atoms. The van der Waals surface area contributed by atoms with Crippen LogP contribution in [0.3, 0.4) is 0 Å². The van der Waals surface area contributed by atoms with Gasteiger partial charge in [-0.15, -0.1) is 0 Å². The molecule has 2 N–H and O–H groups in total. The molecule has 0 saturated carbocycles. The zero-order chi connectivity index (χ0) is 23.5. The van der Waals surface area contributed by atoms with E-state index in [-0.39, 0.29) is 24.6 Å². The van der Waals surface area contributed by atoms with Crippen molar-refractivity contribution in [1.82, 2.24) is 0 Å². The van der Waals surface area contributed by atoms with Crippen molar-refractivity contribution in [3.05, 3.63) is 53.6 Å². The van der Waals surface area contributed by atoms with Gasteiger partial charge in [-0.05, 0) is 42.3 Å². The Morgan fingerprint density at radius 3 is 2.38 bits per heavy atom. The number of nitrogens with zero attached hydrogens (tertiary/aromatic N) is 1.